The van der Waals surface area contributed by atoms with Gasteiger partial charge in [-0.3, -0.25) is 4.90 Å². The topological polar surface area (TPSA) is 50.8 Å². The summed E-state index contributed by atoms with van der Waals surface area (Å²) in [6.07, 6.45) is -0.616. The van der Waals surface area contributed by atoms with E-state index in [1.807, 2.05) is 30.3 Å². The number of benzene rings is 1. The van der Waals surface area contributed by atoms with Crippen LogP contribution in [0.1, 0.15) is 5.56 Å². The Morgan fingerprint density at radius 2 is 2.28 bits per heavy atom. The monoisotopic (exact) mass is 250 g/mol. The van der Waals surface area contributed by atoms with Crippen LogP contribution in [0, 0.1) is 0 Å². The zero-order valence-electron chi connectivity index (χ0n) is 10.5. The van der Waals surface area contributed by atoms with E-state index in [0.29, 0.717) is 13.2 Å². The predicted molar refractivity (Wildman–Crippen MR) is 67.0 cm³/mol. The number of carbonyl (C=O) groups is 1. The van der Waals surface area contributed by atoms with E-state index in [1.54, 1.807) is 7.05 Å². The molecular weight excluding hydrogens is 232 g/mol. The summed E-state index contributed by atoms with van der Waals surface area (Å²) in [4.78, 5) is 13.3. The second-order valence-electron chi connectivity index (χ2n) is 4.18. The molecule has 1 unspecified atom stereocenters. The lowest BCUT2D eigenvalue weighted by Crippen LogP contribution is -2.49. The first kappa shape index (κ1) is 12.9. The van der Waals surface area contributed by atoms with E-state index < -0.39 is 0 Å². The van der Waals surface area contributed by atoms with E-state index >= 15 is 0 Å². The minimum atomic E-state index is -0.368. The number of rotatable bonds is 3. The molecule has 5 nitrogen and oxygen atoms in total. The lowest BCUT2D eigenvalue weighted by molar-refractivity contribution is -0.0592. The number of nitrogens with one attached hydrogen (secondary N) is 1. The van der Waals surface area contributed by atoms with Gasteiger partial charge < -0.3 is 14.8 Å². The van der Waals surface area contributed by atoms with Crippen LogP contribution in [-0.2, 0) is 16.1 Å². The summed E-state index contributed by atoms with van der Waals surface area (Å²) in [7, 11) is 1.69. The van der Waals surface area contributed by atoms with Crippen molar-refractivity contribution in [1.29, 1.82) is 0 Å². The fraction of sp³-hybridized carbons (Fsp3) is 0.462. The number of likely N-dealkylation sites (N-methyl/N-ethyl adjacent to an activating group) is 1. The standard InChI is InChI=1S/C13H18N2O3/c1-15(12-9-14-7-8-17-12)13(16)18-10-11-5-3-2-4-6-11/h2-6,12,14H,7-10H2,1H3. The van der Waals surface area contributed by atoms with Gasteiger partial charge in [0.15, 0.2) is 0 Å². The lowest BCUT2D eigenvalue weighted by Gasteiger charge is -2.30. The largest absolute Gasteiger partial charge is 0.444 e. The highest BCUT2D eigenvalue weighted by Crippen LogP contribution is 2.06. The van der Waals surface area contributed by atoms with Gasteiger partial charge in [-0.25, -0.2) is 4.79 Å². The van der Waals surface area contributed by atoms with Crippen molar-refractivity contribution >= 4 is 6.09 Å². The molecule has 1 fully saturated rings. The second kappa shape index (κ2) is 6.37. The average Bonchev–Trinajstić information content (AvgIpc) is 2.46. The number of ether oxygens (including phenoxy) is 2. The number of nitrogens with zero attached hydrogens (tertiary/aromatic N) is 1. The number of hydrogen-bond donors (Lipinski definition) is 1. The van der Waals surface area contributed by atoms with Gasteiger partial charge in [-0.15, -0.1) is 0 Å². The van der Waals surface area contributed by atoms with Crippen molar-refractivity contribution in [1.82, 2.24) is 10.2 Å². The second-order valence-corrected chi connectivity index (χ2v) is 4.18. The Balaban J connectivity index is 1.80. The van der Waals surface area contributed by atoms with Gasteiger partial charge >= 0.3 is 6.09 Å². The average molecular weight is 250 g/mol. The highest BCUT2D eigenvalue weighted by molar-refractivity contribution is 5.67. The van der Waals surface area contributed by atoms with E-state index in [4.69, 9.17) is 9.47 Å². The molecule has 1 aliphatic heterocycles. The zero-order valence-corrected chi connectivity index (χ0v) is 10.5. The van der Waals surface area contributed by atoms with Crippen LogP contribution in [-0.4, -0.2) is 44.0 Å². The van der Waals surface area contributed by atoms with Crippen LogP contribution in [0.25, 0.3) is 0 Å². The van der Waals surface area contributed by atoms with Crippen molar-refractivity contribution < 1.29 is 14.3 Å². The van der Waals surface area contributed by atoms with Crippen LogP contribution in [0.2, 0.25) is 0 Å². The highest BCUT2D eigenvalue weighted by atomic mass is 16.6. The molecule has 1 saturated heterocycles. The Morgan fingerprint density at radius 3 is 2.94 bits per heavy atom. The first-order valence-corrected chi connectivity index (χ1v) is 6.03. The number of morpholine rings is 1. The smallest absolute Gasteiger partial charge is 0.411 e. The van der Waals surface area contributed by atoms with E-state index in [-0.39, 0.29) is 18.9 Å². The SMILES string of the molecule is CN(C(=O)OCc1ccccc1)C1CNCCO1. The summed E-state index contributed by atoms with van der Waals surface area (Å²) in [6, 6.07) is 9.61. The molecule has 18 heavy (non-hydrogen) atoms. The normalized spacial score (nSPS) is 19.3. The molecule has 1 amide bonds. The van der Waals surface area contributed by atoms with E-state index in [9.17, 15) is 4.79 Å². The number of hydrogen-bond acceptors (Lipinski definition) is 4. The van der Waals surface area contributed by atoms with Crippen LogP contribution in [0.4, 0.5) is 4.79 Å². The number of carbonyl (C=O) groups excluding carboxylic acids is 1. The summed E-state index contributed by atoms with van der Waals surface area (Å²) in [5.41, 5.74) is 0.974. The summed E-state index contributed by atoms with van der Waals surface area (Å²) >= 11 is 0. The van der Waals surface area contributed by atoms with Crippen molar-refractivity contribution in [3.63, 3.8) is 0 Å². The minimum absolute atomic E-state index is 0.248. The van der Waals surface area contributed by atoms with Crippen molar-refractivity contribution in [2.45, 2.75) is 12.8 Å². The van der Waals surface area contributed by atoms with Gasteiger partial charge in [0, 0.05) is 20.1 Å². The molecule has 0 aliphatic carbocycles. The van der Waals surface area contributed by atoms with Gasteiger partial charge in [0.1, 0.15) is 12.8 Å². The molecule has 1 N–H and O–H groups in total. The maximum Gasteiger partial charge on any atom is 0.411 e. The molecule has 0 spiro atoms. The summed E-state index contributed by atoms with van der Waals surface area (Å²) < 4.78 is 10.7. The molecule has 0 bridgehead atoms. The molecule has 1 atom stereocenters. The quantitative estimate of drug-likeness (QED) is 0.876. The maximum atomic E-state index is 11.8. The Bertz CT molecular complexity index is 377. The van der Waals surface area contributed by atoms with Crippen molar-refractivity contribution in [3.05, 3.63) is 35.9 Å². The molecule has 1 aromatic carbocycles. The molecule has 0 radical (unpaired) electrons. The molecular formula is C13H18N2O3. The van der Waals surface area contributed by atoms with Crippen molar-refractivity contribution in [2.24, 2.45) is 0 Å². The third-order valence-electron chi connectivity index (χ3n) is 2.83. The molecule has 2 rings (SSSR count). The molecule has 0 saturated carbocycles. The fourth-order valence-electron chi connectivity index (χ4n) is 1.74. The summed E-state index contributed by atoms with van der Waals surface area (Å²) in [6.45, 7) is 2.35. The lowest BCUT2D eigenvalue weighted by atomic mass is 10.2. The first-order valence-electron chi connectivity index (χ1n) is 6.03. The van der Waals surface area contributed by atoms with E-state index in [2.05, 4.69) is 5.32 Å². The first-order chi connectivity index (χ1) is 8.77. The fourth-order valence-corrected chi connectivity index (χ4v) is 1.74. The van der Waals surface area contributed by atoms with Crippen molar-refractivity contribution in [2.75, 3.05) is 26.7 Å². The third-order valence-corrected chi connectivity index (χ3v) is 2.83. The Labute approximate surface area is 107 Å². The van der Waals surface area contributed by atoms with Crippen LogP contribution in [0.3, 0.4) is 0 Å². The van der Waals surface area contributed by atoms with Gasteiger partial charge in [-0.05, 0) is 5.56 Å². The highest BCUT2D eigenvalue weighted by Gasteiger charge is 2.23. The van der Waals surface area contributed by atoms with E-state index in [0.717, 1.165) is 12.1 Å². The Morgan fingerprint density at radius 1 is 1.50 bits per heavy atom. The molecule has 1 aliphatic rings. The number of amides is 1. The van der Waals surface area contributed by atoms with Crippen LogP contribution in [0.15, 0.2) is 30.3 Å². The summed E-state index contributed by atoms with van der Waals surface area (Å²) in [5.74, 6) is 0. The van der Waals surface area contributed by atoms with Gasteiger partial charge in [-0.2, -0.15) is 0 Å². The molecule has 5 heteroatoms. The Hall–Kier alpha value is -1.59. The molecule has 1 heterocycles. The molecule has 0 aromatic heterocycles. The van der Waals surface area contributed by atoms with Gasteiger partial charge in [0.05, 0.1) is 6.61 Å². The summed E-state index contributed by atoms with van der Waals surface area (Å²) in [5, 5.41) is 3.17. The van der Waals surface area contributed by atoms with Gasteiger partial charge in [0.25, 0.3) is 0 Å². The van der Waals surface area contributed by atoms with Gasteiger partial charge in [-0.1, -0.05) is 30.3 Å². The van der Waals surface area contributed by atoms with Crippen LogP contribution in [0.5, 0.6) is 0 Å². The van der Waals surface area contributed by atoms with Crippen molar-refractivity contribution in [3.8, 4) is 0 Å². The van der Waals surface area contributed by atoms with E-state index in [1.165, 1.54) is 4.90 Å². The predicted octanol–water partition coefficient (Wildman–Crippen LogP) is 1.20. The minimum Gasteiger partial charge on any atom is -0.444 e. The molecule has 98 valence electrons. The maximum absolute atomic E-state index is 11.8. The van der Waals surface area contributed by atoms with Gasteiger partial charge in [0.2, 0.25) is 0 Å². The van der Waals surface area contributed by atoms with Crippen LogP contribution >= 0.6 is 0 Å². The molecule has 1 aromatic rings. The Kier molecular flexibility index (Phi) is 4.55. The third kappa shape index (κ3) is 3.45. The van der Waals surface area contributed by atoms with Crippen LogP contribution < -0.4 is 5.32 Å². The zero-order chi connectivity index (χ0) is 12.8.